The lowest BCUT2D eigenvalue weighted by atomic mass is 10.1. The molecular formula is C22H18F3N3O2S. The van der Waals surface area contributed by atoms with Crippen molar-refractivity contribution in [1.29, 1.82) is 0 Å². The third-order valence-electron chi connectivity index (χ3n) is 4.86. The summed E-state index contributed by atoms with van der Waals surface area (Å²) in [6.45, 7) is 0.857. The van der Waals surface area contributed by atoms with Gasteiger partial charge >= 0.3 is 0 Å². The number of thiazole rings is 1. The number of aromatic nitrogens is 1. The highest BCUT2D eigenvalue weighted by atomic mass is 32.1. The van der Waals surface area contributed by atoms with Crippen LogP contribution in [0.1, 0.15) is 11.1 Å². The molecule has 1 aliphatic heterocycles. The topological polar surface area (TPSA) is 54.3 Å². The summed E-state index contributed by atoms with van der Waals surface area (Å²) in [5, 5.41) is 2.63. The van der Waals surface area contributed by atoms with Crippen LogP contribution in [-0.2, 0) is 11.3 Å². The van der Waals surface area contributed by atoms with Crippen molar-refractivity contribution in [3.63, 3.8) is 0 Å². The number of rotatable bonds is 4. The number of hydrogen-bond donors (Lipinski definition) is 1. The average molecular weight is 445 g/mol. The smallest absolute Gasteiger partial charge is 0.269 e. The molecule has 1 aromatic heterocycles. The van der Waals surface area contributed by atoms with E-state index < -0.39 is 23.4 Å². The van der Waals surface area contributed by atoms with Gasteiger partial charge in [-0.1, -0.05) is 6.07 Å². The van der Waals surface area contributed by atoms with Gasteiger partial charge in [0.1, 0.15) is 10.5 Å². The molecule has 0 saturated heterocycles. The summed E-state index contributed by atoms with van der Waals surface area (Å²) in [4.78, 5) is 27.7. The normalized spacial score (nSPS) is 15.5. The van der Waals surface area contributed by atoms with Crippen molar-refractivity contribution in [3.05, 3.63) is 84.5 Å². The monoisotopic (exact) mass is 445 g/mol. The van der Waals surface area contributed by atoms with Crippen molar-refractivity contribution in [2.75, 3.05) is 26.0 Å². The van der Waals surface area contributed by atoms with Crippen LogP contribution in [0.15, 0.2) is 41.2 Å². The SMILES string of the molecule is CN(C)CCn1c(=O)c(=Cc2ccc(F)c(F)c2)s/c1=C1\C(=O)Nc2cc(F)ccc21. The zero-order chi connectivity index (χ0) is 22.3. The van der Waals surface area contributed by atoms with Gasteiger partial charge in [-0.25, -0.2) is 13.2 Å². The van der Waals surface area contributed by atoms with Crippen LogP contribution in [0.25, 0.3) is 11.6 Å². The van der Waals surface area contributed by atoms with Gasteiger partial charge in [-0.05, 0) is 56.1 Å². The van der Waals surface area contributed by atoms with E-state index in [1.54, 1.807) is 0 Å². The lowest BCUT2D eigenvalue weighted by Gasteiger charge is -2.10. The number of likely N-dealkylation sites (N-methyl/N-ethyl adjacent to an activating group) is 1. The Morgan fingerprint density at radius 3 is 2.55 bits per heavy atom. The zero-order valence-electron chi connectivity index (χ0n) is 16.7. The highest BCUT2D eigenvalue weighted by Gasteiger charge is 2.27. The van der Waals surface area contributed by atoms with Crippen molar-refractivity contribution >= 4 is 34.6 Å². The minimum Gasteiger partial charge on any atom is -0.321 e. The number of halogens is 3. The average Bonchev–Trinajstić information content (AvgIpc) is 3.18. The third-order valence-corrected chi connectivity index (χ3v) is 5.99. The molecule has 0 radical (unpaired) electrons. The molecule has 0 saturated carbocycles. The van der Waals surface area contributed by atoms with Crippen LogP contribution in [0.5, 0.6) is 0 Å². The predicted molar refractivity (Wildman–Crippen MR) is 114 cm³/mol. The molecule has 4 rings (SSSR count). The summed E-state index contributed by atoms with van der Waals surface area (Å²) in [6, 6.07) is 7.34. The van der Waals surface area contributed by atoms with E-state index in [1.165, 1.54) is 34.9 Å². The van der Waals surface area contributed by atoms with E-state index in [2.05, 4.69) is 5.32 Å². The minimum absolute atomic E-state index is 0.274. The first-order valence-electron chi connectivity index (χ1n) is 9.41. The summed E-state index contributed by atoms with van der Waals surface area (Å²) in [5.74, 6) is -2.91. The van der Waals surface area contributed by atoms with E-state index in [0.717, 1.165) is 23.5 Å². The van der Waals surface area contributed by atoms with Crippen LogP contribution >= 0.6 is 11.3 Å². The van der Waals surface area contributed by atoms with Crippen molar-refractivity contribution in [1.82, 2.24) is 9.47 Å². The Balaban J connectivity index is 1.99. The summed E-state index contributed by atoms with van der Waals surface area (Å²) in [5.41, 5.74) is 1.10. The summed E-state index contributed by atoms with van der Waals surface area (Å²) in [6.07, 6.45) is 1.46. The van der Waals surface area contributed by atoms with Crippen LogP contribution in [0.3, 0.4) is 0 Å². The van der Waals surface area contributed by atoms with Gasteiger partial charge in [0, 0.05) is 18.7 Å². The number of nitrogens with zero attached hydrogens (tertiary/aromatic N) is 2. The number of nitrogens with one attached hydrogen (secondary N) is 1. The first-order valence-corrected chi connectivity index (χ1v) is 10.2. The van der Waals surface area contributed by atoms with E-state index in [9.17, 15) is 22.8 Å². The number of carbonyl (C=O) groups is 1. The molecule has 1 aliphatic rings. The third kappa shape index (κ3) is 4.06. The van der Waals surface area contributed by atoms with Crippen molar-refractivity contribution in [2.45, 2.75) is 6.54 Å². The summed E-state index contributed by atoms with van der Waals surface area (Å²) >= 11 is 1.08. The maximum absolute atomic E-state index is 13.6. The standard InChI is InChI=1S/C22H18F3N3O2S/c1-27(2)7-8-28-21(30)18(10-12-3-6-15(24)16(25)9-12)31-22(28)19-14-5-4-13(23)11-17(14)26-20(19)29/h3-6,9-11H,7-8H2,1-2H3,(H,26,29)/b18-10?,22-19-. The fourth-order valence-electron chi connectivity index (χ4n) is 3.32. The van der Waals surface area contributed by atoms with E-state index in [1.807, 2.05) is 19.0 Å². The van der Waals surface area contributed by atoms with Crippen LogP contribution < -0.4 is 20.1 Å². The van der Waals surface area contributed by atoms with E-state index in [4.69, 9.17) is 0 Å². The summed E-state index contributed by atoms with van der Waals surface area (Å²) in [7, 11) is 3.72. The van der Waals surface area contributed by atoms with Gasteiger partial charge in [-0.2, -0.15) is 0 Å². The second-order valence-electron chi connectivity index (χ2n) is 7.37. The quantitative estimate of drug-likeness (QED) is 0.667. The number of amides is 1. The first kappa shape index (κ1) is 21.1. The van der Waals surface area contributed by atoms with E-state index in [-0.39, 0.29) is 15.7 Å². The highest BCUT2D eigenvalue weighted by Crippen LogP contribution is 2.30. The number of fused-ring (bicyclic) bond motifs is 1. The molecule has 0 aliphatic carbocycles. The molecule has 31 heavy (non-hydrogen) atoms. The molecule has 0 atom stereocenters. The van der Waals surface area contributed by atoms with Gasteiger partial charge < -0.3 is 10.2 Å². The van der Waals surface area contributed by atoms with E-state index >= 15 is 0 Å². The van der Waals surface area contributed by atoms with Crippen LogP contribution in [-0.4, -0.2) is 36.0 Å². The first-order chi connectivity index (χ1) is 14.7. The largest absolute Gasteiger partial charge is 0.321 e. The molecule has 0 unspecified atom stereocenters. The molecule has 1 N–H and O–H groups in total. The lowest BCUT2D eigenvalue weighted by Crippen LogP contribution is -2.36. The molecule has 5 nitrogen and oxygen atoms in total. The predicted octanol–water partition coefficient (Wildman–Crippen LogP) is 1.87. The van der Waals surface area contributed by atoms with Crippen molar-refractivity contribution in [3.8, 4) is 0 Å². The van der Waals surface area contributed by atoms with Gasteiger partial charge in [-0.15, -0.1) is 11.3 Å². The van der Waals surface area contributed by atoms with Crippen LogP contribution in [0.2, 0.25) is 0 Å². The number of anilines is 1. The molecule has 160 valence electrons. The van der Waals surface area contributed by atoms with Crippen LogP contribution in [0, 0.1) is 17.5 Å². The second-order valence-corrected chi connectivity index (χ2v) is 8.40. The number of benzene rings is 2. The van der Waals surface area contributed by atoms with Gasteiger partial charge in [0.2, 0.25) is 0 Å². The lowest BCUT2D eigenvalue weighted by molar-refractivity contribution is -0.110. The van der Waals surface area contributed by atoms with E-state index in [0.29, 0.717) is 34.6 Å². The Kier molecular flexibility index (Phi) is 5.55. The summed E-state index contributed by atoms with van der Waals surface area (Å²) < 4.78 is 42.6. The molecule has 3 aromatic rings. The van der Waals surface area contributed by atoms with Gasteiger partial charge in [0.25, 0.3) is 11.5 Å². The molecule has 2 heterocycles. The minimum atomic E-state index is -1.01. The Bertz CT molecular complexity index is 1380. The Morgan fingerprint density at radius 2 is 1.84 bits per heavy atom. The Labute approximate surface area is 179 Å². The molecule has 2 aromatic carbocycles. The maximum atomic E-state index is 13.6. The molecule has 1 amide bonds. The van der Waals surface area contributed by atoms with Gasteiger partial charge in [-0.3, -0.25) is 14.2 Å². The van der Waals surface area contributed by atoms with Gasteiger partial charge in [0.05, 0.1) is 15.8 Å². The fraction of sp³-hybridized carbons (Fsp3) is 0.182. The molecule has 0 spiro atoms. The van der Waals surface area contributed by atoms with Crippen molar-refractivity contribution < 1.29 is 18.0 Å². The molecule has 0 bridgehead atoms. The van der Waals surface area contributed by atoms with Gasteiger partial charge in [0.15, 0.2) is 11.6 Å². The molecule has 0 fully saturated rings. The second kappa shape index (κ2) is 8.16. The number of hydrogen-bond acceptors (Lipinski definition) is 4. The van der Waals surface area contributed by atoms with Crippen LogP contribution in [0.4, 0.5) is 18.9 Å². The Morgan fingerprint density at radius 1 is 1.06 bits per heavy atom. The van der Waals surface area contributed by atoms with Crippen molar-refractivity contribution in [2.24, 2.45) is 0 Å². The molecule has 9 heteroatoms. The number of carbonyl (C=O) groups excluding carboxylic acids is 1. The molecular weight excluding hydrogens is 427 g/mol. The maximum Gasteiger partial charge on any atom is 0.269 e. The Hall–Kier alpha value is -3.17. The fourth-order valence-corrected chi connectivity index (χ4v) is 4.51. The zero-order valence-corrected chi connectivity index (χ0v) is 17.5. The highest BCUT2D eigenvalue weighted by molar-refractivity contribution is 7.07.